The van der Waals surface area contributed by atoms with Crippen LogP contribution in [0, 0.1) is 0 Å². The first-order valence-corrected chi connectivity index (χ1v) is 9.12. The lowest BCUT2D eigenvalue weighted by atomic mass is 9.78. The Kier molecular flexibility index (Phi) is 8.33. The van der Waals surface area contributed by atoms with Gasteiger partial charge in [-0.25, -0.2) is 0 Å². The Morgan fingerprint density at radius 2 is 2.09 bits per heavy atom. The lowest BCUT2D eigenvalue weighted by Gasteiger charge is -2.44. The molecule has 1 aromatic heterocycles. The second-order valence-electron chi connectivity index (χ2n) is 6.48. The van der Waals surface area contributed by atoms with Crippen LogP contribution in [0.15, 0.2) is 29.7 Å². The van der Waals surface area contributed by atoms with Crippen molar-refractivity contribution in [1.29, 1.82) is 0 Å². The number of likely N-dealkylation sites (N-methyl/N-ethyl adjacent to an activating group) is 1. The van der Waals surface area contributed by atoms with Crippen LogP contribution in [0.2, 0.25) is 0 Å². The van der Waals surface area contributed by atoms with Gasteiger partial charge in [0, 0.05) is 17.5 Å². The smallest absolute Gasteiger partial charge is 0.0549 e. The third kappa shape index (κ3) is 5.51. The Balaban J connectivity index is 0.000000295. The minimum atomic E-state index is 0.254. The molecular weight excluding hydrogens is 290 g/mol. The lowest BCUT2D eigenvalue weighted by molar-refractivity contribution is 0.0955. The van der Waals surface area contributed by atoms with Gasteiger partial charge in [0.2, 0.25) is 0 Å². The van der Waals surface area contributed by atoms with Crippen molar-refractivity contribution < 1.29 is 0 Å². The zero-order valence-electron chi connectivity index (χ0n) is 14.7. The van der Waals surface area contributed by atoms with Gasteiger partial charge in [0.05, 0.1) is 5.54 Å². The first-order valence-electron chi connectivity index (χ1n) is 8.24. The number of hydrogen-bond acceptors (Lipinski definition) is 4. The number of nitrogens with two attached hydrogens (primary N) is 1. The highest BCUT2D eigenvalue weighted by molar-refractivity contribution is 7.10. The van der Waals surface area contributed by atoms with Crippen molar-refractivity contribution in [2.24, 2.45) is 5.73 Å². The predicted molar refractivity (Wildman–Crippen MR) is 99.5 cm³/mol. The van der Waals surface area contributed by atoms with Crippen LogP contribution < -0.4 is 11.1 Å². The molecule has 0 atom stereocenters. The van der Waals surface area contributed by atoms with E-state index >= 15 is 0 Å². The van der Waals surface area contributed by atoms with Gasteiger partial charge in [0.25, 0.3) is 0 Å². The van der Waals surface area contributed by atoms with Crippen molar-refractivity contribution in [3.05, 3.63) is 34.5 Å². The van der Waals surface area contributed by atoms with E-state index in [-0.39, 0.29) is 5.54 Å². The summed E-state index contributed by atoms with van der Waals surface area (Å²) in [5.41, 5.74) is 7.44. The molecule has 1 heterocycles. The van der Waals surface area contributed by atoms with E-state index in [0.717, 1.165) is 25.9 Å². The van der Waals surface area contributed by atoms with E-state index in [4.69, 9.17) is 5.73 Å². The molecule has 4 heteroatoms. The molecule has 3 nitrogen and oxygen atoms in total. The van der Waals surface area contributed by atoms with Gasteiger partial charge in [0.1, 0.15) is 0 Å². The maximum absolute atomic E-state index is 5.99. The van der Waals surface area contributed by atoms with E-state index in [0.29, 0.717) is 6.04 Å². The Morgan fingerprint density at radius 3 is 2.45 bits per heavy atom. The van der Waals surface area contributed by atoms with E-state index in [2.05, 4.69) is 55.3 Å². The van der Waals surface area contributed by atoms with Crippen LogP contribution in [0.25, 0.3) is 0 Å². The minimum absolute atomic E-state index is 0.254. The molecule has 0 amide bonds. The summed E-state index contributed by atoms with van der Waals surface area (Å²) in [6.45, 7) is 9.82. The molecule has 1 saturated carbocycles. The Hall–Kier alpha value is -0.680. The standard InChI is InChI=1S/C12H20N2S.C6H13N/c1-14(2)12(11-4-3-9-15-11)7-5-10(13)6-8-12;1-4-7-5-6(2)3/h3-4,9-10H,5-8,13H2,1-2H3;7H,2,4-5H2,1,3H3. The van der Waals surface area contributed by atoms with Crippen LogP contribution in [0.1, 0.15) is 44.4 Å². The number of nitrogens with one attached hydrogen (secondary N) is 1. The van der Waals surface area contributed by atoms with Crippen LogP contribution in [0.5, 0.6) is 0 Å². The number of hydrogen-bond donors (Lipinski definition) is 2. The predicted octanol–water partition coefficient (Wildman–Crippen LogP) is 3.58. The average Bonchev–Trinajstić information content (AvgIpc) is 3.01. The molecule has 0 aliphatic heterocycles. The van der Waals surface area contributed by atoms with Crippen molar-refractivity contribution >= 4 is 11.3 Å². The van der Waals surface area contributed by atoms with Gasteiger partial charge in [-0.3, -0.25) is 4.90 Å². The molecule has 22 heavy (non-hydrogen) atoms. The Labute approximate surface area is 140 Å². The third-order valence-corrected chi connectivity index (χ3v) is 5.43. The van der Waals surface area contributed by atoms with E-state index in [1.165, 1.54) is 23.3 Å². The SMILES string of the molecule is C=C(C)CNCC.CN(C)C1(c2cccs2)CCC(N)CC1. The zero-order chi connectivity index (χ0) is 16.6. The first-order chi connectivity index (χ1) is 10.4. The summed E-state index contributed by atoms with van der Waals surface area (Å²) in [6.07, 6.45) is 4.69. The molecule has 1 fully saturated rings. The maximum Gasteiger partial charge on any atom is 0.0549 e. The average molecular weight is 324 g/mol. The van der Waals surface area contributed by atoms with E-state index in [9.17, 15) is 0 Å². The summed E-state index contributed by atoms with van der Waals surface area (Å²) in [6, 6.07) is 4.83. The van der Waals surface area contributed by atoms with Gasteiger partial charge in [-0.05, 0) is 64.7 Å². The molecular formula is C18H33N3S. The molecule has 1 aliphatic carbocycles. The third-order valence-electron chi connectivity index (χ3n) is 4.37. The summed E-state index contributed by atoms with van der Waals surface area (Å²) in [5.74, 6) is 0. The fourth-order valence-corrected chi connectivity index (χ4v) is 3.98. The van der Waals surface area contributed by atoms with E-state index in [1.807, 2.05) is 18.3 Å². The molecule has 0 bridgehead atoms. The second kappa shape index (κ2) is 9.46. The normalized spacial score (nSPS) is 24.7. The fourth-order valence-electron chi connectivity index (χ4n) is 2.91. The molecule has 126 valence electrons. The van der Waals surface area contributed by atoms with Gasteiger partial charge in [0.15, 0.2) is 0 Å². The van der Waals surface area contributed by atoms with Crippen LogP contribution in [0.3, 0.4) is 0 Å². The largest absolute Gasteiger partial charge is 0.328 e. The van der Waals surface area contributed by atoms with Crippen LogP contribution >= 0.6 is 11.3 Å². The van der Waals surface area contributed by atoms with Crippen LogP contribution in [-0.2, 0) is 5.54 Å². The van der Waals surface area contributed by atoms with Crippen molar-refractivity contribution in [3.8, 4) is 0 Å². The van der Waals surface area contributed by atoms with Crippen molar-refractivity contribution in [3.63, 3.8) is 0 Å². The number of nitrogens with zero attached hydrogens (tertiary/aromatic N) is 1. The topological polar surface area (TPSA) is 41.3 Å². The molecule has 1 aliphatic rings. The molecule has 1 aromatic rings. The van der Waals surface area contributed by atoms with E-state index in [1.54, 1.807) is 0 Å². The summed E-state index contributed by atoms with van der Waals surface area (Å²) >= 11 is 1.88. The van der Waals surface area contributed by atoms with Crippen molar-refractivity contribution in [2.75, 3.05) is 27.2 Å². The first kappa shape index (κ1) is 19.4. The van der Waals surface area contributed by atoms with Crippen LogP contribution in [-0.4, -0.2) is 38.1 Å². The zero-order valence-corrected chi connectivity index (χ0v) is 15.5. The Bertz CT molecular complexity index is 418. The summed E-state index contributed by atoms with van der Waals surface area (Å²) in [5, 5.41) is 5.32. The Morgan fingerprint density at radius 1 is 1.45 bits per heavy atom. The van der Waals surface area contributed by atoms with E-state index < -0.39 is 0 Å². The monoisotopic (exact) mass is 323 g/mol. The fraction of sp³-hybridized carbons (Fsp3) is 0.667. The highest BCUT2D eigenvalue weighted by atomic mass is 32.1. The second-order valence-corrected chi connectivity index (χ2v) is 7.43. The lowest BCUT2D eigenvalue weighted by Crippen LogP contribution is -2.46. The molecule has 0 saturated heterocycles. The highest BCUT2D eigenvalue weighted by Crippen LogP contribution is 2.42. The molecule has 0 aromatic carbocycles. The summed E-state index contributed by atoms with van der Waals surface area (Å²) in [7, 11) is 4.38. The number of thiophene rings is 1. The molecule has 0 spiro atoms. The van der Waals surface area contributed by atoms with Crippen molar-refractivity contribution in [2.45, 2.75) is 51.1 Å². The van der Waals surface area contributed by atoms with Gasteiger partial charge >= 0.3 is 0 Å². The molecule has 2 rings (SSSR count). The quantitative estimate of drug-likeness (QED) is 0.814. The van der Waals surface area contributed by atoms with Gasteiger partial charge in [-0.1, -0.05) is 25.1 Å². The summed E-state index contributed by atoms with van der Waals surface area (Å²) in [4.78, 5) is 3.88. The minimum Gasteiger partial charge on any atom is -0.328 e. The van der Waals surface area contributed by atoms with Gasteiger partial charge in [-0.15, -0.1) is 11.3 Å². The summed E-state index contributed by atoms with van der Waals surface area (Å²) < 4.78 is 0. The highest BCUT2D eigenvalue weighted by Gasteiger charge is 2.38. The maximum atomic E-state index is 5.99. The van der Waals surface area contributed by atoms with Crippen molar-refractivity contribution in [1.82, 2.24) is 10.2 Å². The molecule has 0 unspecified atom stereocenters. The molecule has 0 radical (unpaired) electrons. The van der Waals surface area contributed by atoms with Gasteiger partial charge in [-0.2, -0.15) is 0 Å². The van der Waals surface area contributed by atoms with Gasteiger partial charge < -0.3 is 11.1 Å². The number of rotatable bonds is 5. The van der Waals surface area contributed by atoms with Crippen LogP contribution in [0.4, 0.5) is 0 Å². The molecule has 3 N–H and O–H groups in total.